The molecular weight excluding hydrogens is 266 g/mol. The molecule has 0 bridgehead atoms. The normalized spacial score (nSPS) is 10.7. The highest BCUT2D eigenvalue weighted by Crippen LogP contribution is 2.21. The summed E-state index contributed by atoms with van der Waals surface area (Å²) in [6, 6.07) is 7.70. The van der Waals surface area contributed by atoms with E-state index in [0.717, 1.165) is 10.9 Å². The van der Waals surface area contributed by atoms with Gasteiger partial charge < -0.3 is 16.0 Å². The third kappa shape index (κ3) is 4.05. The van der Waals surface area contributed by atoms with Gasteiger partial charge in [-0.15, -0.1) is 0 Å². The van der Waals surface area contributed by atoms with E-state index >= 15 is 0 Å². The molecule has 1 amide bonds. The summed E-state index contributed by atoms with van der Waals surface area (Å²) in [5.74, 6) is 1.57. The van der Waals surface area contributed by atoms with Crippen LogP contribution in [0.2, 0.25) is 0 Å². The van der Waals surface area contributed by atoms with Crippen LogP contribution in [0.15, 0.2) is 24.3 Å². The lowest BCUT2D eigenvalue weighted by molar-refractivity contribution is -0.119. The number of hydrogen-bond donors (Lipinski definition) is 3. The number of rotatable bonds is 6. The molecule has 0 spiro atoms. The molecule has 0 unspecified atom stereocenters. The zero-order valence-electron chi connectivity index (χ0n) is 12.6. The first-order valence-corrected chi connectivity index (χ1v) is 7.05. The lowest BCUT2D eigenvalue weighted by Crippen LogP contribution is -2.32. The first-order chi connectivity index (χ1) is 10.1. The minimum atomic E-state index is -0.0441. The lowest BCUT2D eigenvalue weighted by Gasteiger charge is -2.11. The molecule has 21 heavy (non-hydrogen) atoms. The van der Waals surface area contributed by atoms with E-state index in [0.29, 0.717) is 24.2 Å². The maximum atomic E-state index is 11.8. The van der Waals surface area contributed by atoms with Crippen molar-refractivity contribution in [3.05, 3.63) is 24.3 Å². The van der Waals surface area contributed by atoms with Crippen molar-refractivity contribution in [2.45, 2.75) is 13.8 Å². The predicted molar refractivity (Wildman–Crippen MR) is 85.4 cm³/mol. The molecule has 112 valence electrons. The van der Waals surface area contributed by atoms with Gasteiger partial charge in [0.25, 0.3) is 0 Å². The molecule has 1 heterocycles. The van der Waals surface area contributed by atoms with Crippen LogP contribution in [0.25, 0.3) is 10.9 Å². The van der Waals surface area contributed by atoms with Gasteiger partial charge in [0.2, 0.25) is 11.9 Å². The van der Waals surface area contributed by atoms with Crippen molar-refractivity contribution in [2.75, 3.05) is 30.8 Å². The molecule has 0 fully saturated rings. The van der Waals surface area contributed by atoms with Crippen molar-refractivity contribution >= 4 is 28.6 Å². The van der Waals surface area contributed by atoms with Crippen LogP contribution in [0.5, 0.6) is 0 Å². The van der Waals surface area contributed by atoms with Crippen LogP contribution in [0.1, 0.15) is 13.8 Å². The minimum absolute atomic E-state index is 0.0441. The van der Waals surface area contributed by atoms with Gasteiger partial charge in [0, 0.05) is 19.0 Å². The zero-order chi connectivity index (χ0) is 15.2. The van der Waals surface area contributed by atoms with Crippen molar-refractivity contribution in [1.29, 1.82) is 0 Å². The number of benzene rings is 1. The fourth-order valence-electron chi connectivity index (χ4n) is 1.87. The van der Waals surface area contributed by atoms with Crippen molar-refractivity contribution in [1.82, 2.24) is 15.3 Å². The Morgan fingerprint density at radius 2 is 2.00 bits per heavy atom. The van der Waals surface area contributed by atoms with E-state index < -0.39 is 0 Å². The Bertz CT molecular complexity index is 626. The Hall–Kier alpha value is -2.37. The smallest absolute Gasteiger partial charge is 0.239 e. The molecule has 0 aliphatic carbocycles. The van der Waals surface area contributed by atoms with E-state index in [1.165, 1.54) is 0 Å². The molecule has 0 saturated heterocycles. The summed E-state index contributed by atoms with van der Waals surface area (Å²) < 4.78 is 0. The first-order valence-electron chi connectivity index (χ1n) is 7.05. The largest absolute Gasteiger partial charge is 0.360 e. The van der Waals surface area contributed by atoms with Crippen molar-refractivity contribution in [2.24, 2.45) is 5.92 Å². The fraction of sp³-hybridized carbons (Fsp3) is 0.400. The summed E-state index contributed by atoms with van der Waals surface area (Å²) in [6.45, 7) is 4.99. The Labute approximate surface area is 124 Å². The highest BCUT2D eigenvalue weighted by atomic mass is 16.1. The topological polar surface area (TPSA) is 78.9 Å². The molecule has 0 saturated carbocycles. The van der Waals surface area contributed by atoms with Gasteiger partial charge in [-0.2, -0.15) is 4.98 Å². The van der Waals surface area contributed by atoms with Crippen LogP contribution in [-0.4, -0.2) is 36.0 Å². The summed E-state index contributed by atoms with van der Waals surface area (Å²) in [5, 5.41) is 9.77. The molecule has 1 aromatic heterocycles. The first kappa shape index (κ1) is 15.0. The van der Waals surface area contributed by atoms with Gasteiger partial charge in [-0.05, 0) is 18.1 Å². The highest BCUT2D eigenvalue weighted by Gasteiger charge is 2.08. The minimum Gasteiger partial charge on any atom is -0.360 e. The average Bonchev–Trinajstić information content (AvgIpc) is 2.50. The van der Waals surface area contributed by atoms with Crippen molar-refractivity contribution in [3.8, 4) is 0 Å². The van der Waals surface area contributed by atoms with E-state index in [1.807, 2.05) is 24.3 Å². The van der Waals surface area contributed by atoms with Crippen LogP contribution in [0.4, 0.5) is 11.8 Å². The van der Waals surface area contributed by atoms with Crippen LogP contribution >= 0.6 is 0 Å². The Balaban J connectivity index is 2.12. The van der Waals surface area contributed by atoms with Gasteiger partial charge in [-0.3, -0.25) is 4.79 Å². The number of carbonyl (C=O) groups is 1. The highest BCUT2D eigenvalue weighted by molar-refractivity contribution is 5.91. The Morgan fingerprint density at radius 1 is 1.24 bits per heavy atom. The van der Waals surface area contributed by atoms with Crippen molar-refractivity contribution < 1.29 is 4.79 Å². The number of para-hydroxylation sites is 1. The van der Waals surface area contributed by atoms with Gasteiger partial charge in [0.15, 0.2) is 0 Å². The average molecular weight is 287 g/mol. The third-order valence-electron chi connectivity index (χ3n) is 2.95. The van der Waals surface area contributed by atoms with Gasteiger partial charge in [0.1, 0.15) is 5.82 Å². The van der Waals surface area contributed by atoms with Gasteiger partial charge >= 0.3 is 0 Å². The number of nitrogens with one attached hydrogen (secondary N) is 3. The predicted octanol–water partition coefficient (Wildman–Crippen LogP) is 1.86. The van der Waals surface area contributed by atoms with Crippen molar-refractivity contribution in [3.63, 3.8) is 0 Å². The van der Waals surface area contributed by atoms with E-state index in [2.05, 4.69) is 39.8 Å². The molecule has 0 atom stereocenters. The van der Waals surface area contributed by atoms with E-state index in [-0.39, 0.29) is 12.5 Å². The maximum Gasteiger partial charge on any atom is 0.239 e. The second kappa shape index (κ2) is 6.88. The lowest BCUT2D eigenvalue weighted by atomic mass is 10.2. The summed E-state index contributed by atoms with van der Waals surface area (Å²) in [5.41, 5.74) is 0.835. The number of carbonyl (C=O) groups excluding carboxylic acids is 1. The summed E-state index contributed by atoms with van der Waals surface area (Å²) in [6.07, 6.45) is 0. The van der Waals surface area contributed by atoms with Crippen LogP contribution in [-0.2, 0) is 4.79 Å². The summed E-state index contributed by atoms with van der Waals surface area (Å²) in [4.78, 5) is 20.5. The van der Waals surface area contributed by atoms with E-state index in [9.17, 15) is 4.79 Å². The molecule has 0 radical (unpaired) electrons. The number of fused-ring (bicyclic) bond motifs is 1. The number of nitrogens with zero attached hydrogens (tertiary/aromatic N) is 2. The maximum absolute atomic E-state index is 11.8. The summed E-state index contributed by atoms with van der Waals surface area (Å²) >= 11 is 0. The molecule has 1 aromatic carbocycles. The second-order valence-corrected chi connectivity index (χ2v) is 5.21. The molecular formula is C15H21N5O. The van der Waals surface area contributed by atoms with Crippen LogP contribution in [0, 0.1) is 5.92 Å². The number of hydrogen-bond acceptors (Lipinski definition) is 5. The molecule has 6 heteroatoms. The fourth-order valence-corrected chi connectivity index (χ4v) is 1.87. The number of amides is 1. The van der Waals surface area contributed by atoms with E-state index in [4.69, 9.17) is 0 Å². The Kier molecular flexibility index (Phi) is 4.92. The quantitative estimate of drug-likeness (QED) is 0.755. The molecule has 6 nitrogen and oxygen atoms in total. The van der Waals surface area contributed by atoms with Gasteiger partial charge in [-0.25, -0.2) is 4.98 Å². The molecule has 0 aliphatic heterocycles. The molecule has 2 rings (SSSR count). The Morgan fingerprint density at radius 3 is 2.71 bits per heavy atom. The molecule has 2 aromatic rings. The van der Waals surface area contributed by atoms with E-state index in [1.54, 1.807) is 7.05 Å². The number of anilines is 2. The summed E-state index contributed by atoms with van der Waals surface area (Å²) in [7, 11) is 1.77. The molecule has 0 aliphatic rings. The van der Waals surface area contributed by atoms with Crippen LogP contribution < -0.4 is 16.0 Å². The van der Waals surface area contributed by atoms with Gasteiger partial charge in [0.05, 0.1) is 12.1 Å². The van der Waals surface area contributed by atoms with Crippen LogP contribution in [0.3, 0.4) is 0 Å². The zero-order valence-corrected chi connectivity index (χ0v) is 12.6. The third-order valence-corrected chi connectivity index (χ3v) is 2.95. The monoisotopic (exact) mass is 287 g/mol. The SMILES string of the molecule is CNc1nc(NCC(=O)NCC(C)C)c2ccccc2n1. The number of aromatic nitrogens is 2. The van der Waals surface area contributed by atoms with Gasteiger partial charge in [-0.1, -0.05) is 26.0 Å². The second-order valence-electron chi connectivity index (χ2n) is 5.21. The molecule has 3 N–H and O–H groups in total. The standard InChI is InChI=1S/C15H21N5O/c1-10(2)8-17-13(21)9-18-14-11-6-4-5-7-12(11)19-15(16-3)20-14/h4-7,10H,8-9H2,1-3H3,(H,17,21)(H2,16,18,19,20).